The molecule has 1 aromatic carbocycles. The normalized spacial score (nSPS) is 11.4. The molecule has 5 heteroatoms. The molecule has 0 fully saturated rings. The summed E-state index contributed by atoms with van der Waals surface area (Å²) in [4.78, 5) is 4.36. The molecule has 0 atom stereocenters. The molecule has 2 aromatic rings. The molecule has 4 nitrogen and oxygen atoms in total. The first-order valence-electron chi connectivity index (χ1n) is 6.62. The Morgan fingerprint density at radius 2 is 1.80 bits per heavy atom. The van der Waals surface area contributed by atoms with E-state index in [1.165, 1.54) is 5.56 Å². The van der Waals surface area contributed by atoms with E-state index in [2.05, 4.69) is 9.71 Å². The number of nitrogens with one attached hydrogen (secondary N) is 1. The molecule has 0 spiro atoms. The average molecular weight is 290 g/mol. The number of unbranched alkanes of at least 4 members (excludes halogenated alkanes) is 1. The summed E-state index contributed by atoms with van der Waals surface area (Å²) in [5, 5.41) is 0. The lowest BCUT2D eigenvalue weighted by atomic mass is 10.1. The van der Waals surface area contributed by atoms with Gasteiger partial charge in [-0.2, -0.15) is 0 Å². The van der Waals surface area contributed by atoms with Crippen LogP contribution in [0.3, 0.4) is 0 Å². The third-order valence-corrected chi connectivity index (χ3v) is 4.44. The number of rotatable bonds is 7. The zero-order valence-corrected chi connectivity index (χ0v) is 12.0. The first-order chi connectivity index (χ1) is 9.68. The van der Waals surface area contributed by atoms with Crippen molar-refractivity contribution in [3.05, 3.63) is 60.4 Å². The van der Waals surface area contributed by atoms with Crippen molar-refractivity contribution in [2.24, 2.45) is 0 Å². The number of sulfonamides is 1. The molecule has 0 aliphatic heterocycles. The van der Waals surface area contributed by atoms with Gasteiger partial charge in [-0.05, 0) is 43.0 Å². The van der Waals surface area contributed by atoms with E-state index < -0.39 is 10.0 Å². The third-order valence-electron chi connectivity index (χ3n) is 2.96. The molecule has 0 unspecified atom stereocenters. The smallest absolute Gasteiger partial charge is 0.240 e. The molecular formula is C15H18N2O2S. The highest BCUT2D eigenvalue weighted by Gasteiger charge is 2.11. The van der Waals surface area contributed by atoms with Gasteiger partial charge in [-0.15, -0.1) is 0 Å². The van der Waals surface area contributed by atoms with Crippen LogP contribution in [0.5, 0.6) is 0 Å². The van der Waals surface area contributed by atoms with Gasteiger partial charge < -0.3 is 0 Å². The summed E-state index contributed by atoms with van der Waals surface area (Å²) in [6.07, 6.45) is 6.25. The number of nitrogens with zero attached hydrogens (tertiary/aromatic N) is 1. The molecule has 1 N–H and O–H groups in total. The molecule has 0 radical (unpaired) electrons. The molecule has 0 aliphatic carbocycles. The summed E-state index contributed by atoms with van der Waals surface area (Å²) in [6.45, 7) is 0.456. The molecule has 0 saturated carbocycles. The van der Waals surface area contributed by atoms with Crippen LogP contribution >= 0.6 is 0 Å². The molecule has 1 aromatic heterocycles. The number of aryl methyl sites for hydroxylation is 1. The van der Waals surface area contributed by atoms with Gasteiger partial charge in [-0.1, -0.05) is 24.3 Å². The van der Waals surface area contributed by atoms with Gasteiger partial charge in [0.1, 0.15) is 0 Å². The van der Waals surface area contributed by atoms with Crippen molar-refractivity contribution in [2.75, 3.05) is 6.54 Å². The topological polar surface area (TPSA) is 59.1 Å². The van der Waals surface area contributed by atoms with E-state index in [9.17, 15) is 8.42 Å². The lowest BCUT2D eigenvalue weighted by Crippen LogP contribution is -2.24. The van der Waals surface area contributed by atoms with Crippen molar-refractivity contribution in [3.63, 3.8) is 0 Å². The van der Waals surface area contributed by atoms with E-state index >= 15 is 0 Å². The van der Waals surface area contributed by atoms with E-state index in [1.54, 1.807) is 36.5 Å². The van der Waals surface area contributed by atoms with Crippen LogP contribution in [0.15, 0.2) is 59.8 Å². The Bertz CT molecular complexity index is 613. The Labute approximate surface area is 119 Å². The fourth-order valence-corrected chi connectivity index (χ4v) is 2.98. The molecule has 0 aliphatic rings. The third kappa shape index (κ3) is 4.43. The Morgan fingerprint density at radius 1 is 1.00 bits per heavy atom. The van der Waals surface area contributed by atoms with E-state index in [0.29, 0.717) is 11.4 Å². The van der Waals surface area contributed by atoms with Crippen LogP contribution in [0.2, 0.25) is 0 Å². The zero-order chi connectivity index (χ0) is 14.3. The molecule has 106 valence electrons. The minimum atomic E-state index is -3.37. The monoisotopic (exact) mass is 290 g/mol. The van der Waals surface area contributed by atoms with E-state index in [1.807, 2.05) is 18.3 Å². The highest BCUT2D eigenvalue weighted by Crippen LogP contribution is 2.07. The molecule has 0 saturated heterocycles. The van der Waals surface area contributed by atoms with Gasteiger partial charge in [0.25, 0.3) is 0 Å². The molecule has 0 bridgehead atoms. The standard InChI is InChI=1S/C15H18N2O2S/c18-20(19,15-9-2-1-3-10-15)17-12-5-4-7-14-8-6-11-16-13-14/h1-3,6,8-11,13,17H,4-5,7,12H2. The second-order valence-corrected chi connectivity index (χ2v) is 6.30. The number of hydrogen-bond acceptors (Lipinski definition) is 3. The molecule has 2 rings (SSSR count). The molecular weight excluding hydrogens is 272 g/mol. The summed E-state index contributed by atoms with van der Waals surface area (Å²) < 4.78 is 26.5. The van der Waals surface area contributed by atoms with E-state index in [0.717, 1.165) is 19.3 Å². The number of aromatic nitrogens is 1. The molecule has 1 heterocycles. The Kier molecular flexibility index (Phi) is 5.26. The van der Waals surface area contributed by atoms with Crippen LogP contribution in [0.25, 0.3) is 0 Å². The highest BCUT2D eigenvalue weighted by molar-refractivity contribution is 7.89. The van der Waals surface area contributed by atoms with Crippen LogP contribution in [-0.2, 0) is 16.4 Å². The van der Waals surface area contributed by atoms with Crippen molar-refractivity contribution in [2.45, 2.75) is 24.2 Å². The maximum Gasteiger partial charge on any atom is 0.240 e. The van der Waals surface area contributed by atoms with E-state index in [4.69, 9.17) is 0 Å². The number of hydrogen-bond donors (Lipinski definition) is 1. The van der Waals surface area contributed by atoms with Crippen molar-refractivity contribution >= 4 is 10.0 Å². The predicted octanol–water partition coefficient (Wildman–Crippen LogP) is 2.38. The number of pyridine rings is 1. The van der Waals surface area contributed by atoms with Crippen LogP contribution < -0.4 is 4.72 Å². The summed E-state index contributed by atoms with van der Waals surface area (Å²) in [5.74, 6) is 0. The van der Waals surface area contributed by atoms with Gasteiger partial charge >= 0.3 is 0 Å². The fraction of sp³-hybridized carbons (Fsp3) is 0.267. The Morgan fingerprint density at radius 3 is 2.50 bits per heavy atom. The van der Waals surface area contributed by atoms with Crippen molar-refractivity contribution < 1.29 is 8.42 Å². The zero-order valence-electron chi connectivity index (χ0n) is 11.2. The lowest BCUT2D eigenvalue weighted by molar-refractivity contribution is 0.576. The van der Waals surface area contributed by atoms with Crippen LogP contribution in [-0.4, -0.2) is 19.9 Å². The minimum absolute atomic E-state index is 0.312. The van der Waals surface area contributed by atoms with Crippen molar-refractivity contribution in [3.8, 4) is 0 Å². The van der Waals surface area contributed by atoms with Gasteiger partial charge in [-0.3, -0.25) is 4.98 Å². The van der Waals surface area contributed by atoms with E-state index in [-0.39, 0.29) is 0 Å². The highest BCUT2D eigenvalue weighted by atomic mass is 32.2. The Balaban J connectivity index is 1.74. The van der Waals surface area contributed by atoms with Crippen LogP contribution in [0.1, 0.15) is 18.4 Å². The maximum absolute atomic E-state index is 11.9. The summed E-state index contributed by atoms with van der Waals surface area (Å²) in [7, 11) is -3.37. The SMILES string of the molecule is O=S(=O)(NCCCCc1cccnc1)c1ccccc1. The Hall–Kier alpha value is -1.72. The van der Waals surface area contributed by atoms with Gasteiger partial charge in [0.15, 0.2) is 0 Å². The van der Waals surface area contributed by atoms with Crippen molar-refractivity contribution in [1.29, 1.82) is 0 Å². The molecule has 20 heavy (non-hydrogen) atoms. The van der Waals surface area contributed by atoms with Crippen LogP contribution in [0.4, 0.5) is 0 Å². The van der Waals surface area contributed by atoms with Gasteiger partial charge in [0.05, 0.1) is 4.90 Å². The quantitative estimate of drug-likeness (QED) is 0.796. The van der Waals surface area contributed by atoms with Gasteiger partial charge in [0.2, 0.25) is 10.0 Å². The summed E-state index contributed by atoms with van der Waals surface area (Å²) in [6, 6.07) is 12.4. The first kappa shape index (κ1) is 14.7. The van der Waals surface area contributed by atoms with Crippen molar-refractivity contribution in [1.82, 2.24) is 9.71 Å². The van der Waals surface area contributed by atoms with Gasteiger partial charge in [0, 0.05) is 18.9 Å². The predicted molar refractivity (Wildman–Crippen MR) is 78.8 cm³/mol. The minimum Gasteiger partial charge on any atom is -0.264 e. The average Bonchev–Trinajstić information content (AvgIpc) is 2.49. The second-order valence-electron chi connectivity index (χ2n) is 4.53. The van der Waals surface area contributed by atoms with Crippen LogP contribution in [0, 0.1) is 0 Å². The fourth-order valence-electron chi connectivity index (χ4n) is 1.89. The summed E-state index contributed by atoms with van der Waals surface area (Å²) >= 11 is 0. The molecule has 0 amide bonds. The lowest BCUT2D eigenvalue weighted by Gasteiger charge is -2.06. The maximum atomic E-state index is 11.9. The van der Waals surface area contributed by atoms with Gasteiger partial charge in [-0.25, -0.2) is 13.1 Å². The first-order valence-corrected chi connectivity index (χ1v) is 8.10. The largest absolute Gasteiger partial charge is 0.264 e. The second kappa shape index (κ2) is 7.17. The summed E-state index contributed by atoms with van der Waals surface area (Å²) in [5.41, 5.74) is 1.18. The number of benzene rings is 1.